The summed E-state index contributed by atoms with van der Waals surface area (Å²) in [6, 6.07) is 22.0. The summed E-state index contributed by atoms with van der Waals surface area (Å²) in [5, 5.41) is 14.0. The number of hydrogen-bond donors (Lipinski definition) is 1. The van der Waals surface area contributed by atoms with E-state index in [9.17, 15) is 14.9 Å². The second kappa shape index (κ2) is 10.4. The number of benzene rings is 3. The number of carbonyl (C=O) groups excluding carboxylic acids is 1. The lowest BCUT2D eigenvalue weighted by Crippen LogP contribution is -2.11. The third-order valence-electron chi connectivity index (χ3n) is 4.67. The zero-order chi connectivity index (χ0) is 24.1. The topological polar surface area (TPSA) is 104 Å². The molecule has 4 rings (SSSR count). The summed E-state index contributed by atoms with van der Waals surface area (Å²) in [4.78, 5) is 23.5. The Balaban J connectivity index is 1.46. The van der Waals surface area contributed by atoms with E-state index in [2.05, 4.69) is 27.9 Å². The fraction of sp³-hybridized carbons (Fsp3) is 0.0800. The van der Waals surface area contributed by atoms with Crippen LogP contribution in [0.4, 0.5) is 11.4 Å². The first-order valence-corrected chi connectivity index (χ1v) is 11.3. The van der Waals surface area contributed by atoms with Crippen molar-refractivity contribution in [2.45, 2.75) is 13.5 Å². The second-order valence-electron chi connectivity index (χ2n) is 7.35. The highest BCUT2D eigenvalue weighted by molar-refractivity contribution is 14.1. The van der Waals surface area contributed by atoms with Crippen molar-refractivity contribution in [1.82, 2.24) is 0 Å². The van der Waals surface area contributed by atoms with E-state index in [0.717, 1.165) is 9.13 Å². The highest BCUT2D eigenvalue weighted by atomic mass is 127. The molecule has 0 aliphatic carbocycles. The molecule has 0 radical (unpaired) electrons. The molecule has 1 aromatic heterocycles. The lowest BCUT2D eigenvalue weighted by molar-refractivity contribution is -0.384. The number of carbonyl (C=O) groups is 1. The molecule has 0 saturated carbocycles. The summed E-state index contributed by atoms with van der Waals surface area (Å²) in [5.41, 5.74) is 0.970. The fourth-order valence-corrected chi connectivity index (χ4v) is 3.45. The van der Waals surface area contributed by atoms with Crippen LogP contribution >= 0.6 is 22.6 Å². The highest BCUT2D eigenvalue weighted by Gasteiger charge is 2.16. The average Bonchev–Trinajstić information content (AvgIpc) is 3.28. The van der Waals surface area contributed by atoms with Crippen molar-refractivity contribution in [2.75, 3.05) is 5.32 Å². The minimum Gasteiger partial charge on any atom is -0.486 e. The summed E-state index contributed by atoms with van der Waals surface area (Å²) >= 11 is 2.21. The molecule has 0 bridgehead atoms. The molecule has 0 fully saturated rings. The molecule has 0 aliphatic heterocycles. The number of halogens is 1. The van der Waals surface area contributed by atoms with Crippen molar-refractivity contribution < 1.29 is 23.6 Å². The van der Waals surface area contributed by atoms with E-state index >= 15 is 0 Å². The third-order valence-corrected chi connectivity index (χ3v) is 5.38. The molecule has 1 heterocycles. The monoisotopic (exact) mass is 570 g/mol. The van der Waals surface area contributed by atoms with Gasteiger partial charge in [-0.3, -0.25) is 14.9 Å². The molecule has 172 valence electrons. The highest BCUT2D eigenvalue weighted by Crippen LogP contribution is 2.30. The molecule has 4 aromatic rings. The van der Waals surface area contributed by atoms with Gasteiger partial charge in [-0.1, -0.05) is 12.1 Å². The predicted octanol–water partition coefficient (Wildman–Crippen LogP) is 6.72. The number of nitrogens with zero attached hydrogens (tertiary/aromatic N) is 1. The smallest absolute Gasteiger partial charge is 0.291 e. The Bertz CT molecular complexity index is 1330. The summed E-state index contributed by atoms with van der Waals surface area (Å²) in [5.74, 6) is 1.39. The van der Waals surface area contributed by atoms with E-state index in [1.807, 2.05) is 43.3 Å². The van der Waals surface area contributed by atoms with E-state index in [1.54, 1.807) is 18.2 Å². The molecular weight excluding hydrogens is 551 g/mol. The third kappa shape index (κ3) is 6.13. The summed E-state index contributed by atoms with van der Waals surface area (Å²) in [6.45, 7) is 2.06. The van der Waals surface area contributed by atoms with Crippen LogP contribution in [-0.2, 0) is 6.61 Å². The van der Waals surface area contributed by atoms with Crippen LogP contribution in [0.2, 0.25) is 0 Å². The number of ether oxygens (including phenoxy) is 2. The maximum absolute atomic E-state index is 12.7. The minimum absolute atomic E-state index is 0.0499. The van der Waals surface area contributed by atoms with Crippen molar-refractivity contribution in [3.05, 3.63) is 110 Å². The lowest BCUT2D eigenvalue weighted by atomic mass is 10.2. The van der Waals surface area contributed by atoms with Crippen molar-refractivity contribution >= 4 is 39.9 Å². The number of nitro benzene ring substituents is 1. The molecule has 0 aliphatic rings. The van der Waals surface area contributed by atoms with Gasteiger partial charge in [-0.15, -0.1) is 0 Å². The SMILES string of the molecule is Cc1cccc(Oc2cc(NC(=O)c3ccc(COc4ccc(I)cc4)o3)cc([N+](=O)[O-])c2)c1. The Morgan fingerprint density at radius 1 is 1.00 bits per heavy atom. The quantitative estimate of drug-likeness (QED) is 0.143. The van der Waals surface area contributed by atoms with Gasteiger partial charge in [0.2, 0.25) is 0 Å². The van der Waals surface area contributed by atoms with Crippen molar-refractivity contribution in [3.8, 4) is 17.2 Å². The van der Waals surface area contributed by atoms with Gasteiger partial charge in [0.25, 0.3) is 11.6 Å². The zero-order valence-electron chi connectivity index (χ0n) is 18.0. The maximum Gasteiger partial charge on any atom is 0.291 e. The Kier molecular flexibility index (Phi) is 7.12. The van der Waals surface area contributed by atoms with Crippen LogP contribution in [0, 0.1) is 20.6 Å². The summed E-state index contributed by atoms with van der Waals surface area (Å²) in [7, 11) is 0. The maximum atomic E-state index is 12.7. The standard InChI is InChI=1S/C25H19IN2O6/c1-16-3-2-4-21(11-16)33-23-13-18(12-19(14-23)28(30)31)27-25(29)24-10-9-22(34-24)15-32-20-7-5-17(26)6-8-20/h2-14H,15H2,1H3,(H,27,29). The molecule has 3 aromatic carbocycles. The van der Waals surface area contributed by atoms with Crippen LogP contribution in [-0.4, -0.2) is 10.8 Å². The Morgan fingerprint density at radius 3 is 2.53 bits per heavy atom. The first-order valence-electron chi connectivity index (χ1n) is 10.2. The normalized spacial score (nSPS) is 10.5. The average molecular weight is 570 g/mol. The lowest BCUT2D eigenvalue weighted by Gasteiger charge is -2.09. The van der Waals surface area contributed by atoms with Gasteiger partial charge in [0, 0.05) is 15.7 Å². The van der Waals surface area contributed by atoms with Gasteiger partial charge in [0.15, 0.2) is 5.76 Å². The zero-order valence-corrected chi connectivity index (χ0v) is 20.1. The molecule has 0 spiro atoms. The molecule has 1 amide bonds. The van der Waals surface area contributed by atoms with Crippen molar-refractivity contribution in [3.63, 3.8) is 0 Å². The molecule has 1 N–H and O–H groups in total. The molecule has 0 saturated heterocycles. The number of hydrogen-bond acceptors (Lipinski definition) is 6. The van der Waals surface area contributed by atoms with Crippen LogP contribution in [0.15, 0.2) is 83.3 Å². The Labute approximate surface area is 208 Å². The Morgan fingerprint density at radius 2 is 1.79 bits per heavy atom. The summed E-state index contributed by atoms with van der Waals surface area (Å²) in [6.07, 6.45) is 0. The van der Waals surface area contributed by atoms with Crippen molar-refractivity contribution in [1.29, 1.82) is 0 Å². The van der Waals surface area contributed by atoms with Gasteiger partial charge in [-0.2, -0.15) is 0 Å². The molecule has 0 atom stereocenters. The molecular formula is C25H19IN2O6. The number of rotatable bonds is 8. The van der Waals surface area contributed by atoms with Gasteiger partial charge < -0.3 is 19.2 Å². The predicted molar refractivity (Wildman–Crippen MR) is 135 cm³/mol. The number of non-ortho nitro benzene ring substituents is 1. The van der Waals surface area contributed by atoms with E-state index in [0.29, 0.717) is 17.3 Å². The number of furan rings is 1. The molecule has 0 unspecified atom stereocenters. The number of aryl methyl sites for hydroxylation is 1. The van der Waals surface area contributed by atoms with Crippen LogP contribution in [0.5, 0.6) is 17.2 Å². The number of amides is 1. The van der Waals surface area contributed by atoms with Gasteiger partial charge in [0.05, 0.1) is 16.7 Å². The molecule has 8 nitrogen and oxygen atoms in total. The fourth-order valence-electron chi connectivity index (χ4n) is 3.09. The van der Waals surface area contributed by atoms with E-state index in [1.165, 1.54) is 24.3 Å². The largest absolute Gasteiger partial charge is 0.486 e. The van der Waals surface area contributed by atoms with Gasteiger partial charge in [0.1, 0.15) is 29.6 Å². The van der Waals surface area contributed by atoms with Crippen LogP contribution < -0.4 is 14.8 Å². The molecule has 34 heavy (non-hydrogen) atoms. The first-order chi connectivity index (χ1) is 16.4. The first kappa shape index (κ1) is 23.3. The number of nitrogens with one attached hydrogen (secondary N) is 1. The van der Waals surface area contributed by atoms with Gasteiger partial charge in [-0.05, 0) is 83.6 Å². The van der Waals surface area contributed by atoms with E-state index < -0.39 is 10.8 Å². The van der Waals surface area contributed by atoms with Gasteiger partial charge >= 0.3 is 0 Å². The van der Waals surface area contributed by atoms with Gasteiger partial charge in [-0.25, -0.2) is 0 Å². The molecule has 9 heteroatoms. The number of anilines is 1. The van der Waals surface area contributed by atoms with Crippen LogP contribution in [0.1, 0.15) is 21.9 Å². The van der Waals surface area contributed by atoms with E-state index in [4.69, 9.17) is 13.9 Å². The van der Waals surface area contributed by atoms with Crippen LogP contribution in [0.25, 0.3) is 0 Å². The Hall–Kier alpha value is -3.86. The number of nitro groups is 1. The summed E-state index contributed by atoms with van der Waals surface area (Å²) < 4.78 is 18.1. The second-order valence-corrected chi connectivity index (χ2v) is 8.60. The minimum atomic E-state index is -0.553. The van der Waals surface area contributed by atoms with Crippen LogP contribution in [0.3, 0.4) is 0 Å². The van der Waals surface area contributed by atoms with E-state index in [-0.39, 0.29) is 29.5 Å². The van der Waals surface area contributed by atoms with Crippen molar-refractivity contribution in [2.24, 2.45) is 0 Å².